The highest BCUT2D eigenvalue weighted by Gasteiger charge is 2.48. The molecule has 0 spiro atoms. The van der Waals surface area contributed by atoms with Gasteiger partial charge >= 0.3 is 0 Å². The predicted octanol–water partition coefficient (Wildman–Crippen LogP) is 18.1. The Balaban J connectivity index is 1.09. The van der Waals surface area contributed by atoms with Crippen LogP contribution in [0.25, 0.3) is 33.4 Å². The predicted molar refractivity (Wildman–Crippen MR) is 299 cm³/mol. The van der Waals surface area contributed by atoms with Crippen LogP contribution in [0.1, 0.15) is 97.2 Å². The van der Waals surface area contributed by atoms with Crippen molar-refractivity contribution >= 4 is 17.1 Å². The number of hydrogen-bond donors (Lipinski definition) is 0. The Hall–Kier alpha value is -8.00. The van der Waals surface area contributed by atoms with Crippen LogP contribution in [0.4, 0.5) is 17.1 Å². The van der Waals surface area contributed by atoms with Crippen molar-refractivity contribution in [1.29, 1.82) is 0 Å². The summed E-state index contributed by atoms with van der Waals surface area (Å²) in [7, 11) is 0. The summed E-state index contributed by atoms with van der Waals surface area (Å²) in [5, 5.41) is 0. The minimum Gasteiger partial charge on any atom is -0.310 e. The van der Waals surface area contributed by atoms with Crippen molar-refractivity contribution in [2.75, 3.05) is 4.90 Å². The Morgan fingerprint density at radius 3 is 1.06 bits per heavy atom. The van der Waals surface area contributed by atoms with Gasteiger partial charge in [-0.1, -0.05) is 254 Å². The molecule has 71 heavy (non-hydrogen) atoms. The van der Waals surface area contributed by atoms with Gasteiger partial charge in [0.05, 0.1) is 10.8 Å². The van der Waals surface area contributed by atoms with Crippen molar-refractivity contribution in [2.24, 2.45) is 0 Å². The topological polar surface area (TPSA) is 3.24 Å². The second-order valence-corrected chi connectivity index (χ2v) is 21.7. The van der Waals surface area contributed by atoms with E-state index in [4.69, 9.17) is 0 Å². The van der Waals surface area contributed by atoms with Crippen LogP contribution in [0.2, 0.25) is 0 Å². The number of nitrogens with zero attached hydrogens (tertiary/aromatic N) is 1. The van der Waals surface area contributed by atoms with Gasteiger partial charge in [0.15, 0.2) is 0 Å². The first-order chi connectivity index (χ1) is 34.5. The molecule has 1 heteroatoms. The van der Waals surface area contributed by atoms with Gasteiger partial charge in [-0.05, 0) is 136 Å². The fraction of sp³-hybridized carbons (Fsp3) is 0.143. The van der Waals surface area contributed by atoms with Gasteiger partial charge in [-0.3, -0.25) is 0 Å². The van der Waals surface area contributed by atoms with Gasteiger partial charge in [-0.25, -0.2) is 0 Å². The van der Waals surface area contributed by atoms with Crippen molar-refractivity contribution in [3.63, 3.8) is 0 Å². The van der Waals surface area contributed by atoms with E-state index in [1.807, 2.05) is 0 Å². The van der Waals surface area contributed by atoms with Crippen molar-refractivity contribution in [2.45, 2.75) is 63.2 Å². The third-order valence-corrected chi connectivity index (χ3v) is 15.6. The second-order valence-electron chi connectivity index (χ2n) is 21.7. The largest absolute Gasteiger partial charge is 0.310 e. The van der Waals surface area contributed by atoms with Gasteiger partial charge in [-0.15, -0.1) is 0 Å². The highest BCUT2D eigenvalue weighted by Crippen LogP contribution is 2.59. The maximum atomic E-state index is 2.49. The quantitative estimate of drug-likeness (QED) is 0.147. The molecule has 10 aromatic rings. The highest BCUT2D eigenvalue weighted by atomic mass is 15.1. The number of rotatable bonds is 8. The maximum absolute atomic E-state index is 2.49. The van der Waals surface area contributed by atoms with Crippen molar-refractivity contribution < 1.29 is 0 Å². The summed E-state index contributed by atoms with van der Waals surface area (Å²) in [4.78, 5) is 2.49. The molecule has 0 aromatic heterocycles. The van der Waals surface area contributed by atoms with Crippen molar-refractivity contribution in [1.82, 2.24) is 0 Å². The standard InChI is InChI=1S/C70H59N/c1-67(2,3)50-33-37-54(38-34-50)69(52-24-12-8-13-25-52)63-31-18-16-29-59(63)61-46-57(41-43-65(61)69)71(56-28-20-23-49(45-56)48-21-10-7-11-22-48)58-42-44-66-62(47-58)60-30-17-19-32-64(60)70(66,53-26-14-9-15-27-53)55-39-35-51(36-40-55)68(4,5)6/h7-47H,1-6H3. The van der Waals surface area contributed by atoms with E-state index < -0.39 is 10.8 Å². The normalized spacial score (nSPS) is 16.7. The summed E-state index contributed by atoms with van der Waals surface area (Å²) < 4.78 is 0. The first-order valence-electron chi connectivity index (χ1n) is 25.2. The minimum atomic E-state index is -0.511. The van der Waals surface area contributed by atoms with Crippen LogP contribution in [-0.2, 0) is 21.7 Å². The molecule has 2 aliphatic rings. The Morgan fingerprint density at radius 2 is 0.620 bits per heavy atom. The molecular weight excluding hydrogens is 855 g/mol. The lowest BCUT2D eigenvalue weighted by Crippen LogP contribution is -2.29. The second kappa shape index (κ2) is 16.9. The van der Waals surface area contributed by atoms with E-state index in [0.29, 0.717) is 0 Å². The molecule has 0 amide bonds. The van der Waals surface area contributed by atoms with Crippen LogP contribution in [0.3, 0.4) is 0 Å². The van der Waals surface area contributed by atoms with E-state index in [1.54, 1.807) is 0 Å². The zero-order chi connectivity index (χ0) is 48.5. The summed E-state index contributed by atoms with van der Waals surface area (Å²) in [6, 6.07) is 93.7. The molecule has 0 aliphatic heterocycles. The maximum Gasteiger partial charge on any atom is 0.0713 e. The lowest BCUT2D eigenvalue weighted by atomic mass is 9.67. The van der Waals surface area contributed by atoms with Gasteiger partial charge < -0.3 is 4.90 Å². The third kappa shape index (κ3) is 7.04. The molecule has 10 aromatic carbocycles. The van der Waals surface area contributed by atoms with E-state index in [-0.39, 0.29) is 10.8 Å². The van der Waals surface area contributed by atoms with Gasteiger partial charge in [0, 0.05) is 17.1 Å². The summed E-state index contributed by atoms with van der Waals surface area (Å²) in [5.74, 6) is 0. The zero-order valence-corrected chi connectivity index (χ0v) is 41.6. The molecule has 0 saturated heterocycles. The molecule has 0 heterocycles. The van der Waals surface area contributed by atoms with E-state index in [0.717, 1.165) is 17.1 Å². The van der Waals surface area contributed by atoms with Crippen molar-refractivity contribution in [3.8, 4) is 33.4 Å². The van der Waals surface area contributed by atoms with Gasteiger partial charge in [0.25, 0.3) is 0 Å². The van der Waals surface area contributed by atoms with E-state index in [1.165, 1.54) is 89.0 Å². The molecule has 2 aliphatic carbocycles. The smallest absolute Gasteiger partial charge is 0.0713 e. The SMILES string of the molecule is CC(C)(C)c1ccc(C2(c3ccccc3)c3ccccc3-c3cc(N(c4cccc(-c5ccccc5)c4)c4ccc5c(c4)-c4ccccc4C5(c4ccccc4)c4ccc(C(C)(C)C)cc4)ccc32)cc1. The molecule has 2 unspecified atom stereocenters. The molecule has 0 bridgehead atoms. The monoisotopic (exact) mass is 913 g/mol. The fourth-order valence-electron chi connectivity index (χ4n) is 12.1. The fourth-order valence-corrected chi connectivity index (χ4v) is 12.1. The Kier molecular flexibility index (Phi) is 10.5. The molecular formula is C70H59N. The molecule has 344 valence electrons. The summed E-state index contributed by atoms with van der Waals surface area (Å²) >= 11 is 0. The Morgan fingerprint density at radius 1 is 0.268 bits per heavy atom. The third-order valence-electron chi connectivity index (χ3n) is 15.6. The number of anilines is 3. The average molecular weight is 914 g/mol. The van der Waals surface area contributed by atoms with E-state index in [2.05, 4.69) is 295 Å². The summed E-state index contributed by atoms with van der Waals surface area (Å²) in [6.45, 7) is 13.8. The summed E-state index contributed by atoms with van der Waals surface area (Å²) in [5.41, 5.74) is 22.7. The molecule has 0 fully saturated rings. The van der Waals surface area contributed by atoms with Crippen LogP contribution in [0.15, 0.2) is 249 Å². The molecule has 2 atom stereocenters. The number of fused-ring (bicyclic) bond motifs is 6. The Bertz CT molecular complexity index is 3380. The van der Waals surface area contributed by atoms with Crippen LogP contribution in [-0.4, -0.2) is 0 Å². The molecule has 0 saturated carbocycles. The zero-order valence-electron chi connectivity index (χ0n) is 41.6. The highest BCUT2D eigenvalue weighted by molar-refractivity contribution is 5.93. The van der Waals surface area contributed by atoms with Gasteiger partial charge in [-0.2, -0.15) is 0 Å². The lowest BCUT2D eigenvalue weighted by molar-refractivity contribution is 0.589. The molecule has 0 N–H and O–H groups in total. The van der Waals surface area contributed by atoms with Crippen molar-refractivity contribution in [3.05, 3.63) is 304 Å². The number of hydrogen-bond acceptors (Lipinski definition) is 1. The van der Waals surface area contributed by atoms with E-state index >= 15 is 0 Å². The first-order valence-corrected chi connectivity index (χ1v) is 25.2. The van der Waals surface area contributed by atoms with Gasteiger partial charge in [0.2, 0.25) is 0 Å². The summed E-state index contributed by atoms with van der Waals surface area (Å²) in [6.07, 6.45) is 0. The van der Waals surface area contributed by atoms with Crippen LogP contribution < -0.4 is 4.90 Å². The van der Waals surface area contributed by atoms with Crippen LogP contribution in [0.5, 0.6) is 0 Å². The molecule has 1 nitrogen and oxygen atoms in total. The lowest BCUT2D eigenvalue weighted by Gasteiger charge is -2.35. The Labute approximate surface area is 420 Å². The average Bonchev–Trinajstić information content (AvgIpc) is 3.87. The number of benzene rings is 10. The first kappa shape index (κ1) is 44.2. The molecule has 0 radical (unpaired) electrons. The van der Waals surface area contributed by atoms with Crippen LogP contribution >= 0.6 is 0 Å². The molecule has 12 rings (SSSR count). The van der Waals surface area contributed by atoms with Gasteiger partial charge in [0.1, 0.15) is 0 Å². The van der Waals surface area contributed by atoms with E-state index in [9.17, 15) is 0 Å². The van der Waals surface area contributed by atoms with Crippen LogP contribution in [0, 0.1) is 0 Å². The minimum absolute atomic E-state index is 0.0421.